The Bertz CT molecular complexity index is 484. The predicted molar refractivity (Wildman–Crippen MR) is 99.2 cm³/mol. The third kappa shape index (κ3) is 6.13. The second-order valence-corrected chi connectivity index (χ2v) is 13.0. The van der Waals surface area contributed by atoms with Crippen molar-refractivity contribution in [3.63, 3.8) is 0 Å². The summed E-state index contributed by atoms with van der Waals surface area (Å²) in [7, 11) is -1.39. The molecule has 0 aromatic heterocycles. The predicted octanol–water partition coefficient (Wildman–Crippen LogP) is 5.38. The van der Waals surface area contributed by atoms with Gasteiger partial charge in [-0.05, 0) is 24.9 Å². The topological polar surface area (TPSA) is 26.3 Å². The summed E-state index contributed by atoms with van der Waals surface area (Å²) in [6, 6.07) is 13.0. The molecule has 1 saturated heterocycles. The molecule has 0 bridgehead atoms. The fraction of sp³-hybridized carbons (Fsp3) is 0.650. The van der Waals surface area contributed by atoms with Crippen molar-refractivity contribution in [3.05, 3.63) is 35.9 Å². The van der Waals surface area contributed by atoms with Crippen LogP contribution in [0.2, 0.25) is 19.1 Å². The molecule has 2 atom stereocenters. The number of rotatable bonds is 9. The Kier molecular flexibility index (Phi) is 6.88. The Hall–Kier alpha value is -1.09. The molecule has 1 aliphatic heterocycles. The van der Waals surface area contributed by atoms with Gasteiger partial charge in [0.25, 0.3) is 0 Å². The van der Waals surface area contributed by atoms with E-state index in [0.717, 1.165) is 18.9 Å². The molecule has 3 heteroatoms. The van der Waals surface area contributed by atoms with Crippen LogP contribution in [0.15, 0.2) is 30.3 Å². The van der Waals surface area contributed by atoms with Crippen molar-refractivity contribution in [2.24, 2.45) is 5.92 Å². The highest BCUT2D eigenvalue weighted by molar-refractivity contribution is 6.77. The van der Waals surface area contributed by atoms with Crippen molar-refractivity contribution in [1.29, 1.82) is 0 Å². The zero-order valence-corrected chi connectivity index (χ0v) is 16.0. The van der Waals surface area contributed by atoms with E-state index in [1.165, 1.54) is 37.3 Å². The number of cyclic esters (lactones) is 1. The van der Waals surface area contributed by atoms with Crippen LogP contribution in [-0.4, -0.2) is 20.1 Å². The zero-order chi connectivity index (χ0) is 16.7. The molecule has 1 heterocycles. The summed E-state index contributed by atoms with van der Waals surface area (Å²) in [6.45, 7) is 7.06. The number of carbonyl (C=O) groups excluding carboxylic acids is 1. The molecule has 2 rings (SSSR count). The molecular formula is C20H32O2Si. The zero-order valence-electron chi connectivity index (χ0n) is 15.0. The molecule has 1 fully saturated rings. The Morgan fingerprint density at radius 3 is 2.57 bits per heavy atom. The highest BCUT2D eigenvalue weighted by Crippen LogP contribution is 2.32. The van der Waals surface area contributed by atoms with Gasteiger partial charge in [0.05, 0.1) is 14.0 Å². The Labute approximate surface area is 142 Å². The minimum Gasteiger partial charge on any atom is -0.462 e. The van der Waals surface area contributed by atoms with E-state index < -0.39 is 8.07 Å². The fourth-order valence-corrected chi connectivity index (χ4v) is 6.71. The highest BCUT2D eigenvalue weighted by atomic mass is 28.3. The molecule has 1 aromatic carbocycles. The first-order valence-corrected chi connectivity index (χ1v) is 12.7. The van der Waals surface area contributed by atoms with Gasteiger partial charge in [-0.3, -0.25) is 4.79 Å². The number of hydrogen-bond acceptors (Lipinski definition) is 2. The molecule has 0 saturated carbocycles. The third-order valence-electron chi connectivity index (χ3n) is 4.88. The monoisotopic (exact) mass is 332 g/mol. The summed E-state index contributed by atoms with van der Waals surface area (Å²) in [5, 5.41) is 0. The maximum Gasteiger partial charge on any atom is 0.309 e. The van der Waals surface area contributed by atoms with E-state index in [1.54, 1.807) is 0 Å². The smallest absolute Gasteiger partial charge is 0.309 e. The first-order chi connectivity index (χ1) is 11.0. The van der Waals surface area contributed by atoms with Gasteiger partial charge in [-0.1, -0.05) is 81.6 Å². The largest absolute Gasteiger partial charge is 0.462 e. The van der Waals surface area contributed by atoms with Crippen molar-refractivity contribution < 1.29 is 9.53 Å². The molecule has 0 radical (unpaired) electrons. The molecule has 0 N–H and O–H groups in total. The van der Waals surface area contributed by atoms with Crippen LogP contribution >= 0.6 is 0 Å². The van der Waals surface area contributed by atoms with Crippen molar-refractivity contribution in [2.45, 2.75) is 76.7 Å². The first-order valence-electron chi connectivity index (χ1n) is 9.24. The summed E-state index contributed by atoms with van der Waals surface area (Å²) >= 11 is 0. The van der Waals surface area contributed by atoms with E-state index in [1.807, 2.05) is 0 Å². The van der Waals surface area contributed by atoms with Gasteiger partial charge in [0.2, 0.25) is 0 Å². The number of esters is 1. The number of carbonyl (C=O) groups is 1. The molecular weight excluding hydrogens is 300 g/mol. The summed E-state index contributed by atoms with van der Waals surface area (Å²) in [4.78, 5) is 12.1. The number of hydrogen-bond donors (Lipinski definition) is 0. The Morgan fingerprint density at radius 1 is 1.13 bits per heavy atom. The second kappa shape index (κ2) is 8.67. The van der Waals surface area contributed by atoms with E-state index in [-0.39, 0.29) is 18.0 Å². The van der Waals surface area contributed by atoms with E-state index in [0.29, 0.717) is 0 Å². The summed E-state index contributed by atoms with van der Waals surface area (Å²) in [5.41, 5.74) is 1.42. The minimum absolute atomic E-state index is 0.0657. The van der Waals surface area contributed by atoms with Gasteiger partial charge in [-0.2, -0.15) is 0 Å². The maximum absolute atomic E-state index is 12.1. The SMILES string of the molecule is CCCCCC[C@H]1C[C@@H](C[Si](C)(C)Cc2ccccc2)OC1=O. The van der Waals surface area contributed by atoms with Crippen LogP contribution in [0.3, 0.4) is 0 Å². The van der Waals surface area contributed by atoms with Crippen molar-refractivity contribution in [2.75, 3.05) is 0 Å². The van der Waals surface area contributed by atoms with Gasteiger partial charge in [0.15, 0.2) is 0 Å². The fourth-order valence-electron chi connectivity index (χ4n) is 3.74. The van der Waals surface area contributed by atoms with E-state index in [9.17, 15) is 4.79 Å². The van der Waals surface area contributed by atoms with Gasteiger partial charge < -0.3 is 4.74 Å². The molecule has 2 nitrogen and oxygen atoms in total. The lowest BCUT2D eigenvalue weighted by atomic mass is 9.98. The van der Waals surface area contributed by atoms with Crippen LogP contribution in [0.4, 0.5) is 0 Å². The summed E-state index contributed by atoms with van der Waals surface area (Å²) in [5.74, 6) is 0.231. The number of unbranched alkanes of at least 4 members (excludes halogenated alkanes) is 3. The molecule has 23 heavy (non-hydrogen) atoms. The van der Waals surface area contributed by atoms with E-state index in [2.05, 4.69) is 50.3 Å². The molecule has 0 aliphatic carbocycles. The Morgan fingerprint density at radius 2 is 1.87 bits per heavy atom. The average Bonchev–Trinajstić information content (AvgIpc) is 2.83. The minimum atomic E-state index is -1.39. The lowest BCUT2D eigenvalue weighted by Crippen LogP contribution is -2.33. The maximum atomic E-state index is 12.1. The van der Waals surface area contributed by atoms with E-state index >= 15 is 0 Å². The number of ether oxygens (including phenoxy) is 1. The quantitative estimate of drug-likeness (QED) is 0.345. The molecule has 128 valence electrons. The molecule has 0 unspecified atom stereocenters. The van der Waals surface area contributed by atoms with Crippen LogP contribution in [0, 0.1) is 5.92 Å². The normalized spacial score (nSPS) is 21.4. The first kappa shape index (κ1) is 18.2. The van der Waals surface area contributed by atoms with Gasteiger partial charge >= 0.3 is 5.97 Å². The Balaban J connectivity index is 1.80. The summed E-state index contributed by atoms with van der Waals surface area (Å²) in [6.07, 6.45) is 7.10. The van der Waals surface area contributed by atoms with Crippen LogP contribution in [0.5, 0.6) is 0 Å². The van der Waals surface area contributed by atoms with Gasteiger partial charge in [-0.15, -0.1) is 0 Å². The van der Waals surface area contributed by atoms with Crippen LogP contribution in [-0.2, 0) is 15.6 Å². The average molecular weight is 333 g/mol. The van der Waals surface area contributed by atoms with Crippen LogP contribution in [0.1, 0.15) is 51.0 Å². The number of benzene rings is 1. The second-order valence-electron chi connectivity index (χ2n) is 7.87. The lowest BCUT2D eigenvalue weighted by molar-refractivity contribution is -0.144. The third-order valence-corrected chi connectivity index (χ3v) is 7.80. The molecule has 0 spiro atoms. The molecule has 1 aliphatic rings. The van der Waals surface area contributed by atoms with Gasteiger partial charge in [-0.25, -0.2) is 0 Å². The highest BCUT2D eigenvalue weighted by Gasteiger charge is 2.37. The van der Waals surface area contributed by atoms with Crippen molar-refractivity contribution >= 4 is 14.0 Å². The van der Waals surface area contributed by atoms with Crippen molar-refractivity contribution in [1.82, 2.24) is 0 Å². The molecule has 1 aromatic rings. The van der Waals surface area contributed by atoms with Gasteiger partial charge in [0, 0.05) is 0 Å². The standard InChI is InChI=1S/C20H32O2Si/c1-4-5-6-10-13-18-14-19(22-20(18)21)16-23(2,3)15-17-11-8-7-9-12-17/h7-9,11-12,18-19H,4-6,10,13-16H2,1-3H3/t18-,19-/m0/s1. The van der Waals surface area contributed by atoms with Crippen LogP contribution in [0.25, 0.3) is 0 Å². The van der Waals surface area contributed by atoms with Gasteiger partial charge in [0.1, 0.15) is 6.10 Å². The van der Waals surface area contributed by atoms with Crippen molar-refractivity contribution in [3.8, 4) is 0 Å². The van der Waals surface area contributed by atoms with E-state index in [4.69, 9.17) is 4.74 Å². The summed E-state index contributed by atoms with van der Waals surface area (Å²) < 4.78 is 5.70. The van der Waals surface area contributed by atoms with Crippen LogP contribution < -0.4 is 0 Å². The molecule has 0 amide bonds. The lowest BCUT2D eigenvalue weighted by Gasteiger charge is -2.25.